The average molecular weight is 2050 g/mol. The molecule has 12 aromatic carbocycles. The van der Waals surface area contributed by atoms with Crippen molar-refractivity contribution in [3.8, 4) is 34.1 Å². The second-order valence-electron chi connectivity index (χ2n) is 40.9. The molecule has 9 aromatic heterocycles. The van der Waals surface area contributed by atoms with Gasteiger partial charge in [0.15, 0.2) is 0 Å². The first-order valence-electron chi connectivity index (χ1n) is 47.0. The van der Waals surface area contributed by atoms with Crippen LogP contribution in [0.1, 0.15) is 184 Å². The summed E-state index contributed by atoms with van der Waals surface area (Å²) < 4.78 is 13.1. The molecule has 676 valence electrons. The van der Waals surface area contributed by atoms with Gasteiger partial charge in [0.25, 0.3) is 0 Å². The van der Waals surface area contributed by atoms with E-state index in [1.54, 1.807) is 0 Å². The van der Waals surface area contributed by atoms with Crippen molar-refractivity contribution in [3.63, 3.8) is 0 Å². The predicted octanol–water partition coefficient (Wildman–Crippen LogP) is 28.4. The molecule has 0 aliphatic carbocycles. The zero-order valence-electron chi connectivity index (χ0n) is 80.0. The predicted molar refractivity (Wildman–Crippen MR) is 548 cm³/mol. The smallest absolute Gasteiger partial charge is 0.358 e. The fourth-order valence-corrected chi connectivity index (χ4v) is 23.9. The number of rotatable bonds is 6. The molecule has 0 spiro atoms. The third kappa shape index (κ3) is 12.4. The number of fused-ring (bicyclic) bond motifs is 21. The summed E-state index contributed by atoms with van der Waals surface area (Å²) in [5.41, 5.74) is 43.1. The van der Waals surface area contributed by atoms with Gasteiger partial charge in [0.05, 0.1) is 56.4 Å². The van der Waals surface area contributed by atoms with E-state index in [2.05, 4.69) is 405 Å². The molecule has 15 nitrogen and oxygen atoms in total. The van der Waals surface area contributed by atoms with Gasteiger partial charge in [0.1, 0.15) is 16.9 Å². The minimum atomic E-state index is -0.249. The number of aryl methyl sites for hydroxylation is 6. The molecule has 6 aliphatic rings. The first-order valence-corrected chi connectivity index (χ1v) is 47.0. The Hall–Kier alpha value is -14.1. The van der Waals surface area contributed by atoms with E-state index in [0.717, 1.165) is 130 Å². The molecule has 0 unspecified atom stereocenters. The van der Waals surface area contributed by atoms with E-state index in [1.165, 1.54) is 122 Å². The van der Waals surface area contributed by atoms with Crippen LogP contribution >= 0.6 is 0 Å². The third-order valence-electron chi connectivity index (χ3n) is 30.5. The molecule has 0 amide bonds. The molecule has 0 radical (unpaired) electrons. The second kappa shape index (κ2) is 30.7. The summed E-state index contributed by atoms with van der Waals surface area (Å²) >= 11 is 0. The normalized spacial score (nSPS) is 15.4. The van der Waals surface area contributed by atoms with Crippen molar-refractivity contribution in [1.82, 2.24) is 58.0 Å². The maximum atomic E-state index is 4.96. The Morgan fingerprint density at radius 2 is 0.547 bits per heavy atom. The van der Waals surface area contributed by atoms with Gasteiger partial charge in [-0.15, -0.1) is 70.8 Å². The standard InChI is InChI=1S/C40H35N5.2C40H33N5.Pd.Pt/c3*1-24-20-25(2)45(42-24)27-13-9-12-26(21-27)43-34-18-8-7-16-30(34)39(3,4)32-22-33-36(23-35(32)43)44-37-28(29-15-11-19-41-38(29)44)14-10-17-31(37)40(33,5)6;;/h7-23H,1-6H3;2*7-20,22H,1-6H3;;/q;2*-2;2*+2. The van der Waals surface area contributed by atoms with Crippen LogP contribution in [0.15, 0.2) is 286 Å². The summed E-state index contributed by atoms with van der Waals surface area (Å²) in [5, 5.41) is 21.6. The van der Waals surface area contributed by atoms with Crippen molar-refractivity contribution >= 4 is 117 Å². The molecule has 27 rings (SSSR count). The van der Waals surface area contributed by atoms with Crippen LogP contribution in [0, 0.1) is 65.8 Å². The van der Waals surface area contributed by atoms with Crippen molar-refractivity contribution in [2.24, 2.45) is 0 Å². The molecule has 0 atom stereocenters. The van der Waals surface area contributed by atoms with Crippen LogP contribution in [0.25, 0.3) is 99.9 Å². The van der Waals surface area contributed by atoms with E-state index in [9.17, 15) is 0 Å². The van der Waals surface area contributed by atoms with E-state index in [4.69, 9.17) is 30.2 Å². The van der Waals surface area contributed by atoms with E-state index < -0.39 is 0 Å². The second-order valence-corrected chi connectivity index (χ2v) is 40.9. The third-order valence-corrected chi connectivity index (χ3v) is 30.5. The molecule has 137 heavy (non-hydrogen) atoms. The van der Waals surface area contributed by atoms with E-state index in [-0.39, 0.29) is 74.0 Å². The van der Waals surface area contributed by atoms with Crippen molar-refractivity contribution in [2.75, 3.05) is 14.7 Å². The Labute approximate surface area is 826 Å². The quantitative estimate of drug-likeness (QED) is 0.118. The molecule has 15 heterocycles. The Kier molecular flexibility index (Phi) is 19.5. The number of para-hydroxylation sites is 6. The Morgan fingerprint density at radius 1 is 0.234 bits per heavy atom. The van der Waals surface area contributed by atoms with E-state index >= 15 is 0 Å². The molecule has 21 aromatic rings. The van der Waals surface area contributed by atoms with Gasteiger partial charge in [-0.05, 0) is 222 Å². The fourth-order valence-electron chi connectivity index (χ4n) is 23.9. The number of hydrogen-bond donors (Lipinski definition) is 0. The molecule has 0 N–H and O–H groups in total. The summed E-state index contributed by atoms with van der Waals surface area (Å²) in [6, 6.07) is 112. The molecule has 0 fully saturated rings. The van der Waals surface area contributed by atoms with Gasteiger partial charge >= 0.3 is 41.5 Å². The number of benzene rings is 12. The Balaban J connectivity index is 0.000000114. The SMILES string of the molecule is Cc1cc(C)n(-c2[c-]c(N3c4[c-]c5c(cc4C(C)(C)c4ccccc43)C(C)(C)c3cccc4c6cccnc6n-5c34)ccc2)n1.Cc1cc(C)n(-c2[c-]c(N3c4[c-]c5c(cc4C(C)(C)c4ccccc43)C(C)(C)c3cccc4c6cccnc6n-5c34)ccc2)n1.Cc1cc(C)n(-c2cccc(N3c4ccccc4C(C)(C)c4cc5c(cc43)-n3c4ncccc4c4cccc(c43)C5(C)C)c2)n1.[Pd+2].[Pt+2]. The minimum absolute atomic E-state index is 0. The number of pyridine rings is 3. The zero-order valence-corrected chi connectivity index (χ0v) is 83.8. The van der Waals surface area contributed by atoms with Gasteiger partial charge in [-0.3, -0.25) is 13.9 Å². The van der Waals surface area contributed by atoms with Gasteiger partial charge in [-0.2, -0.15) is 39.6 Å². The molecule has 0 bridgehead atoms. The molecule has 0 saturated heterocycles. The zero-order chi connectivity index (χ0) is 92.5. The largest absolute Gasteiger partial charge is 2.00 e. The Bertz CT molecular complexity index is 7910. The first-order chi connectivity index (χ1) is 65.0. The first kappa shape index (κ1) is 87.0. The van der Waals surface area contributed by atoms with Crippen LogP contribution in [0.2, 0.25) is 0 Å². The fraction of sp³-hybridized carbons (Fsp3) is 0.200. The Morgan fingerprint density at radius 3 is 0.971 bits per heavy atom. The number of aromatic nitrogens is 12. The topological polar surface area (TPSA) is 117 Å². The summed E-state index contributed by atoms with van der Waals surface area (Å²) in [6.07, 6.45) is 5.71. The van der Waals surface area contributed by atoms with Gasteiger partial charge in [-0.25, -0.2) is 19.6 Å². The van der Waals surface area contributed by atoms with Crippen LogP contribution in [-0.2, 0) is 74.0 Å². The monoisotopic (exact) mass is 2050 g/mol. The summed E-state index contributed by atoms with van der Waals surface area (Å²) in [4.78, 5) is 22.0. The van der Waals surface area contributed by atoms with Gasteiger partial charge in [0, 0.05) is 95.9 Å². The summed E-state index contributed by atoms with van der Waals surface area (Å²) in [6.45, 7) is 40.6. The maximum Gasteiger partial charge on any atom is 2.00 e. The number of nitrogens with zero attached hydrogens (tertiary/aromatic N) is 15. The molecular formula is C120H101N15PdPt. The minimum Gasteiger partial charge on any atom is -0.358 e. The van der Waals surface area contributed by atoms with Crippen LogP contribution < -0.4 is 14.7 Å². The average Bonchev–Trinajstić information content (AvgIpc) is 1.63. The molecule has 6 aliphatic heterocycles. The van der Waals surface area contributed by atoms with E-state index in [1.807, 2.05) is 71.6 Å². The van der Waals surface area contributed by atoms with Gasteiger partial charge < -0.3 is 23.8 Å². The van der Waals surface area contributed by atoms with Gasteiger partial charge in [-0.1, -0.05) is 232 Å². The van der Waals surface area contributed by atoms with Crippen LogP contribution in [-0.4, -0.2) is 58.0 Å². The molecular weight excluding hydrogens is 1950 g/mol. The molecule has 17 heteroatoms. The van der Waals surface area contributed by atoms with Crippen molar-refractivity contribution in [3.05, 3.63) is 411 Å². The van der Waals surface area contributed by atoms with Crippen LogP contribution in [0.4, 0.5) is 51.2 Å². The summed E-state index contributed by atoms with van der Waals surface area (Å²) in [7, 11) is 0. The number of anilines is 9. The van der Waals surface area contributed by atoms with Crippen LogP contribution in [0.5, 0.6) is 0 Å². The van der Waals surface area contributed by atoms with Crippen molar-refractivity contribution in [2.45, 2.75) is 157 Å². The number of hydrogen-bond acceptors (Lipinski definition) is 9. The summed E-state index contributed by atoms with van der Waals surface area (Å²) in [5.74, 6) is 0. The maximum absolute atomic E-state index is 4.96. The van der Waals surface area contributed by atoms with E-state index in [0.29, 0.717) is 0 Å². The molecule has 0 saturated carbocycles. The van der Waals surface area contributed by atoms with Gasteiger partial charge in [0.2, 0.25) is 0 Å². The van der Waals surface area contributed by atoms with Crippen molar-refractivity contribution < 1.29 is 41.5 Å². The van der Waals surface area contributed by atoms with Crippen LogP contribution in [0.3, 0.4) is 0 Å². The van der Waals surface area contributed by atoms with Crippen molar-refractivity contribution in [1.29, 1.82) is 0 Å².